The number of nitrogens with zero attached hydrogens (tertiary/aromatic N) is 3. The molecule has 0 bridgehead atoms. The van der Waals surface area contributed by atoms with Crippen molar-refractivity contribution in [2.45, 2.75) is 24.3 Å². The summed E-state index contributed by atoms with van der Waals surface area (Å²) in [5, 5.41) is 11.8. The van der Waals surface area contributed by atoms with E-state index in [0.29, 0.717) is 16.6 Å². The molecular weight excluding hydrogens is 360 g/mol. The molecule has 0 aliphatic rings. The second kappa shape index (κ2) is 8.26. The van der Waals surface area contributed by atoms with Crippen molar-refractivity contribution in [2.75, 3.05) is 12.4 Å². The Morgan fingerprint density at radius 3 is 2.59 bits per heavy atom. The second-order valence-corrected chi connectivity index (χ2v) is 7.44. The lowest BCUT2D eigenvalue weighted by atomic mass is 10.1. The minimum absolute atomic E-state index is 0.120. The smallest absolute Gasteiger partial charge is 0.237 e. The summed E-state index contributed by atoms with van der Waals surface area (Å²) in [7, 11) is 3.49. The highest BCUT2D eigenvalue weighted by Gasteiger charge is 2.20. The molecule has 0 aliphatic carbocycles. The molecule has 0 aliphatic heterocycles. The van der Waals surface area contributed by atoms with Gasteiger partial charge in [-0.15, -0.1) is 10.2 Å². The van der Waals surface area contributed by atoms with Crippen LogP contribution in [-0.2, 0) is 11.8 Å². The first-order valence-corrected chi connectivity index (χ1v) is 9.45. The van der Waals surface area contributed by atoms with Crippen LogP contribution >= 0.6 is 11.8 Å². The van der Waals surface area contributed by atoms with E-state index in [1.54, 1.807) is 7.11 Å². The molecule has 0 unspecified atom stereocenters. The number of ether oxygens (including phenoxy) is 1. The maximum Gasteiger partial charge on any atom is 0.237 e. The largest absolute Gasteiger partial charge is 0.495 e. The molecule has 7 heteroatoms. The highest BCUT2D eigenvalue weighted by Crippen LogP contribution is 2.29. The van der Waals surface area contributed by atoms with Crippen molar-refractivity contribution in [3.05, 3.63) is 54.1 Å². The van der Waals surface area contributed by atoms with Gasteiger partial charge in [0.1, 0.15) is 5.75 Å². The molecule has 0 fully saturated rings. The lowest BCUT2D eigenvalue weighted by molar-refractivity contribution is -0.115. The summed E-state index contributed by atoms with van der Waals surface area (Å²) in [5.74, 6) is 1.29. The van der Waals surface area contributed by atoms with Crippen molar-refractivity contribution in [1.82, 2.24) is 14.8 Å². The number of anilines is 1. The van der Waals surface area contributed by atoms with Crippen LogP contribution in [0.4, 0.5) is 5.69 Å². The van der Waals surface area contributed by atoms with Crippen LogP contribution in [0.5, 0.6) is 5.75 Å². The Morgan fingerprint density at radius 1 is 1.15 bits per heavy atom. The predicted molar refractivity (Wildman–Crippen MR) is 108 cm³/mol. The van der Waals surface area contributed by atoms with Crippen molar-refractivity contribution in [2.24, 2.45) is 7.05 Å². The van der Waals surface area contributed by atoms with E-state index in [2.05, 4.69) is 15.5 Å². The minimum atomic E-state index is -0.345. The molecule has 0 saturated heterocycles. The molecule has 1 aromatic heterocycles. The maximum absolute atomic E-state index is 12.6. The number of methoxy groups -OCH3 is 1. The third kappa shape index (κ3) is 4.14. The SMILES string of the molecule is COc1ccccc1NC(=O)[C@@H](C)Sc1nnc(-c2ccccc2C)n1C. The van der Waals surface area contributed by atoms with Gasteiger partial charge in [-0.1, -0.05) is 48.2 Å². The van der Waals surface area contributed by atoms with Crippen LogP contribution in [0.1, 0.15) is 12.5 Å². The highest BCUT2D eigenvalue weighted by atomic mass is 32.2. The lowest BCUT2D eigenvalue weighted by Crippen LogP contribution is -2.23. The number of carbonyl (C=O) groups excluding carboxylic acids is 1. The van der Waals surface area contributed by atoms with Crippen LogP contribution in [-0.4, -0.2) is 33.0 Å². The third-order valence-corrected chi connectivity index (χ3v) is 5.37. The number of rotatable bonds is 6. The number of hydrogen-bond acceptors (Lipinski definition) is 5. The first-order valence-electron chi connectivity index (χ1n) is 8.57. The maximum atomic E-state index is 12.6. The van der Waals surface area contributed by atoms with E-state index in [9.17, 15) is 4.79 Å². The van der Waals surface area contributed by atoms with Gasteiger partial charge < -0.3 is 14.6 Å². The average Bonchev–Trinajstić information content (AvgIpc) is 3.03. The number of nitrogens with one attached hydrogen (secondary N) is 1. The zero-order valence-corrected chi connectivity index (χ0v) is 16.6. The van der Waals surface area contributed by atoms with Gasteiger partial charge in [-0.05, 0) is 31.5 Å². The van der Waals surface area contributed by atoms with Crippen LogP contribution in [0.2, 0.25) is 0 Å². The Morgan fingerprint density at radius 2 is 1.85 bits per heavy atom. The van der Waals surface area contributed by atoms with E-state index in [1.807, 2.05) is 74.0 Å². The van der Waals surface area contributed by atoms with Gasteiger partial charge in [-0.3, -0.25) is 4.79 Å². The minimum Gasteiger partial charge on any atom is -0.495 e. The molecule has 2 aromatic carbocycles. The zero-order valence-electron chi connectivity index (χ0n) is 15.8. The van der Waals surface area contributed by atoms with Crippen molar-refractivity contribution < 1.29 is 9.53 Å². The fraction of sp³-hybridized carbons (Fsp3) is 0.250. The number of thioether (sulfide) groups is 1. The van der Waals surface area contributed by atoms with Gasteiger partial charge >= 0.3 is 0 Å². The van der Waals surface area contributed by atoms with Crippen LogP contribution in [0.15, 0.2) is 53.7 Å². The first-order chi connectivity index (χ1) is 13.0. The standard InChI is InChI=1S/C20H22N4O2S/c1-13-9-5-6-10-15(13)18-22-23-20(24(18)3)27-14(2)19(25)21-16-11-7-8-12-17(16)26-4/h5-12,14H,1-4H3,(H,21,25)/t14-/m1/s1. The number of para-hydroxylation sites is 2. The van der Waals surface area contributed by atoms with Crippen molar-refractivity contribution in [3.63, 3.8) is 0 Å². The summed E-state index contributed by atoms with van der Waals surface area (Å²) in [6.45, 7) is 3.89. The molecule has 3 aromatic rings. The van der Waals surface area contributed by atoms with Gasteiger partial charge in [0.2, 0.25) is 5.91 Å². The van der Waals surface area contributed by atoms with E-state index >= 15 is 0 Å². The Kier molecular flexibility index (Phi) is 5.81. The highest BCUT2D eigenvalue weighted by molar-refractivity contribution is 8.00. The Bertz CT molecular complexity index is 955. The molecule has 27 heavy (non-hydrogen) atoms. The number of benzene rings is 2. The Labute approximate surface area is 163 Å². The quantitative estimate of drug-likeness (QED) is 0.655. The predicted octanol–water partition coefficient (Wildman–Crippen LogP) is 3.92. The lowest BCUT2D eigenvalue weighted by Gasteiger charge is -2.14. The fourth-order valence-corrected chi connectivity index (χ4v) is 3.48. The monoisotopic (exact) mass is 382 g/mol. The topological polar surface area (TPSA) is 69.0 Å². The fourth-order valence-electron chi connectivity index (χ4n) is 2.67. The Balaban J connectivity index is 1.74. The molecule has 1 heterocycles. The molecule has 0 spiro atoms. The van der Waals surface area contributed by atoms with E-state index in [1.165, 1.54) is 11.8 Å². The van der Waals surface area contributed by atoms with Gasteiger partial charge in [0, 0.05) is 12.6 Å². The number of carbonyl (C=O) groups is 1. The third-order valence-electron chi connectivity index (χ3n) is 4.24. The van der Waals surface area contributed by atoms with E-state index < -0.39 is 0 Å². The number of hydrogen-bond donors (Lipinski definition) is 1. The number of aromatic nitrogens is 3. The van der Waals surface area contributed by atoms with Crippen molar-refractivity contribution in [1.29, 1.82) is 0 Å². The van der Waals surface area contributed by atoms with Crippen LogP contribution in [0.25, 0.3) is 11.4 Å². The summed E-state index contributed by atoms with van der Waals surface area (Å²) < 4.78 is 7.20. The molecule has 1 N–H and O–H groups in total. The van der Waals surface area contributed by atoms with E-state index in [-0.39, 0.29) is 11.2 Å². The molecule has 140 valence electrons. The summed E-state index contributed by atoms with van der Waals surface area (Å²) in [6, 6.07) is 15.4. The van der Waals surface area contributed by atoms with E-state index in [4.69, 9.17) is 4.74 Å². The Hall–Kier alpha value is -2.80. The molecule has 0 radical (unpaired) electrons. The number of amides is 1. The van der Waals surface area contributed by atoms with Crippen LogP contribution in [0.3, 0.4) is 0 Å². The molecule has 1 amide bonds. The van der Waals surface area contributed by atoms with Gasteiger partial charge in [0.25, 0.3) is 0 Å². The summed E-state index contributed by atoms with van der Waals surface area (Å²) in [4.78, 5) is 12.6. The van der Waals surface area contributed by atoms with Gasteiger partial charge in [-0.25, -0.2) is 0 Å². The van der Waals surface area contributed by atoms with Gasteiger partial charge in [-0.2, -0.15) is 0 Å². The van der Waals surface area contributed by atoms with Crippen LogP contribution < -0.4 is 10.1 Å². The molecule has 1 atom stereocenters. The van der Waals surface area contributed by atoms with Crippen molar-refractivity contribution >= 4 is 23.4 Å². The molecule has 3 rings (SSSR count). The van der Waals surface area contributed by atoms with Gasteiger partial charge in [0.05, 0.1) is 18.0 Å². The summed E-state index contributed by atoms with van der Waals surface area (Å²) in [6.07, 6.45) is 0. The molecule has 6 nitrogen and oxygen atoms in total. The summed E-state index contributed by atoms with van der Waals surface area (Å²) >= 11 is 1.37. The first kappa shape index (κ1) is 19.0. The second-order valence-electron chi connectivity index (χ2n) is 6.13. The van der Waals surface area contributed by atoms with Crippen molar-refractivity contribution in [3.8, 4) is 17.1 Å². The zero-order chi connectivity index (χ0) is 19.4. The average molecular weight is 382 g/mol. The number of aryl methyl sites for hydroxylation is 1. The molecule has 0 saturated carbocycles. The van der Waals surface area contributed by atoms with Crippen LogP contribution in [0, 0.1) is 6.92 Å². The van der Waals surface area contributed by atoms with E-state index in [0.717, 1.165) is 17.0 Å². The summed E-state index contributed by atoms with van der Waals surface area (Å²) in [5.41, 5.74) is 2.81. The molecular formula is C20H22N4O2S. The normalized spacial score (nSPS) is 11.9. The van der Waals surface area contributed by atoms with Gasteiger partial charge in [0.15, 0.2) is 11.0 Å².